The van der Waals surface area contributed by atoms with E-state index < -0.39 is 0 Å². The molecule has 80 valence electrons. The lowest BCUT2D eigenvalue weighted by molar-refractivity contribution is 0.961. The zero-order valence-corrected chi connectivity index (χ0v) is 9.07. The Bertz CT molecular complexity index is 369. The molecule has 3 N–H and O–H groups in total. The number of rotatable bonds is 4. The van der Waals surface area contributed by atoms with Gasteiger partial charge in [-0.05, 0) is 19.2 Å². The Morgan fingerprint density at radius 2 is 2.20 bits per heavy atom. The predicted octanol–water partition coefficient (Wildman–Crippen LogP) is 1.40. The summed E-state index contributed by atoms with van der Waals surface area (Å²) in [5, 5.41) is 3.00. The minimum atomic E-state index is 0.709. The van der Waals surface area contributed by atoms with E-state index in [9.17, 15) is 0 Å². The molecular formula is C11H16N4. The third-order valence-electron chi connectivity index (χ3n) is 1.82. The van der Waals surface area contributed by atoms with Gasteiger partial charge >= 0.3 is 0 Å². The standard InChI is InChI=1S/C11H16N4/c1-9-8-11(13-2)15-10(14-9)6-4-3-5-7-12/h3-5,7-8H,6,12H2,1-2H3,(H,13,14,15)/b4-3-,7-5-. The van der Waals surface area contributed by atoms with Gasteiger partial charge in [-0.15, -0.1) is 0 Å². The number of aromatic nitrogens is 2. The molecule has 15 heavy (non-hydrogen) atoms. The van der Waals surface area contributed by atoms with Gasteiger partial charge in [0.15, 0.2) is 0 Å². The van der Waals surface area contributed by atoms with Crippen LogP contribution in [-0.2, 0) is 6.42 Å². The highest BCUT2D eigenvalue weighted by Gasteiger charge is 1.98. The molecule has 0 amide bonds. The highest BCUT2D eigenvalue weighted by molar-refractivity contribution is 5.34. The van der Waals surface area contributed by atoms with E-state index in [4.69, 9.17) is 5.73 Å². The van der Waals surface area contributed by atoms with Crippen molar-refractivity contribution in [2.24, 2.45) is 5.73 Å². The summed E-state index contributed by atoms with van der Waals surface area (Å²) < 4.78 is 0. The van der Waals surface area contributed by atoms with E-state index >= 15 is 0 Å². The molecule has 1 rings (SSSR count). The Balaban J connectivity index is 2.72. The summed E-state index contributed by atoms with van der Waals surface area (Å²) in [5.74, 6) is 1.65. The molecule has 0 radical (unpaired) electrons. The molecule has 0 atom stereocenters. The Labute approximate surface area is 89.9 Å². The molecule has 0 aliphatic carbocycles. The van der Waals surface area contributed by atoms with Crippen molar-refractivity contribution in [3.8, 4) is 0 Å². The average Bonchev–Trinajstić information content (AvgIpc) is 2.23. The van der Waals surface area contributed by atoms with Crippen molar-refractivity contribution in [3.63, 3.8) is 0 Å². The minimum Gasteiger partial charge on any atom is -0.405 e. The quantitative estimate of drug-likeness (QED) is 0.728. The molecule has 0 unspecified atom stereocenters. The summed E-state index contributed by atoms with van der Waals surface area (Å²) in [4.78, 5) is 8.64. The van der Waals surface area contributed by atoms with Crippen molar-refractivity contribution in [1.82, 2.24) is 9.97 Å². The Hall–Kier alpha value is -1.84. The van der Waals surface area contributed by atoms with Crippen LogP contribution in [-0.4, -0.2) is 17.0 Å². The van der Waals surface area contributed by atoms with Gasteiger partial charge in [0.25, 0.3) is 0 Å². The number of hydrogen-bond donors (Lipinski definition) is 2. The van der Waals surface area contributed by atoms with Gasteiger partial charge in [-0.1, -0.05) is 12.2 Å². The first-order valence-corrected chi connectivity index (χ1v) is 4.82. The maximum atomic E-state index is 5.20. The fourth-order valence-corrected chi connectivity index (χ4v) is 1.17. The van der Waals surface area contributed by atoms with E-state index in [-0.39, 0.29) is 0 Å². The summed E-state index contributed by atoms with van der Waals surface area (Å²) in [7, 11) is 1.85. The van der Waals surface area contributed by atoms with E-state index in [1.807, 2.05) is 32.2 Å². The van der Waals surface area contributed by atoms with Crippen molar-refractivity contribution >= 4 is 5.82 Å². The highest BCUT2D eigenvalue weighted by Crippen LogP contribution is 2.05. The first-order valence-electron chi connectivity index (χ1n) is 4.82. The van der Waals surface area contributed by atoms with Crippen LogP contribution in [0.3, 0.4) is 0 Å². The summed E-state index contributed by atoms with van der Waals surface area (Å²) in [5.41, 5.74) is 6.17. The average molecular weight is 204 g/mol. The van der Waals surface area contributed by atoms with E-state index in [1.165, 1.54) is 6.20 Å². The van der Waals surface area contributed by atoms with Crippen LogP contribution < -0.4 is 11.1 Å². The zero-order valence-electron chi connectivity index (χ0n) is 9.07. The molecule has 0 bridgehead atoms. The molecular weight excluding hydrogens is 188 g/mol. The van der Waals surface area contributed by atoms with Crippen LogP contribution in [0.5, 0.6) is 0 Å². The molecule has 0 saturated carbocycles. The smallest absolute Gasteiger partial charge is 0.134 e. The lowest BCUT2D eigenvalue weighted by atomic mass is 10.3. The fraction of sp³-hybridized carbons (Fsp3) is 0.273. The van der Waals surface area contributed by atoms with Crippen molar-refractivity contribution < 1.29 is 0 Å². The number of nitrogens with zero attached hydrogens (tertiary/aromatic N) is 2. The lowest BCUT2D eigenvalue weighted by Gasteiger charge is -2.02. The molecule has 4 nitrogen and oxygen atoms in total. The van der Waals surface area contributed by atoms with Crippen molar-refractivity contribution in [1.29, 1.82) is 0 Å². The Morgan fingerprint density at radius 3 is 2.87 bits per heavy atom. The number of anilines is 1. The monoisotopic (exact) mass is 204 g/mol. The van der Waals surface area contributed by atoms with Crippen LogP contribution >= 0.6 is 0 Å². The molecule has 0 aliphatic heterocycles. The molecule has 0 spiro atoms. The second-order valence-electron chi connectivity index (χ2n) is 3.08. The molecule has 1 aromatic rings. The maximum Gasteiger partial charge on any atom is 0.134 e. The predicted molar refractivity (Wildman–Crippen MR) is 62.5 cm³/mol. The van der Waals surface area contributed by atoms with Crippen LogP contribution in [0.2, 0.25) is 0 Å². The van der Waals surface area contributed by atoms with Gasteiger partial charge in [-0.2, -0.15) is 0 Å². The molecule has 0 saturated heterocycles. The molecule has 0 fully saturated rings. The number of aryl methyl sites for hydroxylation is 1. The second-order valence-corrected chi connectivity index (χ2v) is 3.08. The van der Waals surface area contributed by atoms with Gasteiger partial charge in [0.2, 0.25) is 0 Å². The Kier molecular flexibility index (Phi) is 4.34. The summed E-state index contributed by atoms with van der Waals surface area (Å²) >= 11 is 0. The fourth-order valence-electron chi connectivity index (χ4n) is 1.17. The van der Waals surface area contributed by atoms with Gasteiger partial charge in [0.1, 0.15) is 11.6 Å². The van der Waals surface area contributed by atoms with Gasteiger partial charge in [0, 0.05) is 25.2 Å². The van der Waals surface area contributed by atoms with Gasteiger partial charge in [-0.3, -0.25) is 0 Å². The molecule has 0 aromatic carbocycles. The summed E-state index contributed by atoms with van der Waals surface area (Å²) in [6, 6.07) is 1.91. The van der Waals surface area contributed by atoms with Crippen LogP contribution in [0.4, 0.5) is 5.82 Å². The number of nitrogens with two attached hydrogens (primary N) is 1. The van der Waals surface area contributed by atoms with Crippen LogP contribution in [0.25, 0.3) is 0 Å². The van der Waals surface area contributed by atoms with Crippen LogP contribution in [0.15, 0.2) is 30.5 Å². The molecule has 4 heteroatoms. The van der Waals surface area contributed by atoms with E-state index in [2.05, 4.69) is 15.3 Å². The maximum absolute atomic E-state index is 5.20. The van der Waals surface area contributed by atoms with E-state index in [0.717, 1.165) is 17.3 Å². The topological polar surface area (TPSA) is 63.8 Å². The van der Waals surface area contributed by atoms with Crippen molar-refractivity contribution in [2.75, 3.05) is 12.4 Å². The van der Waals surface area contributed by atoms with Crippen molar-refractivity contribution in [3.05, 3.63) is 42.0 Å². The summed E-state index contributed by atoms with van der Waals surface area (Å²) in [6.45, 7) is 1.95. The van der Waals surface area contributed by atoms with Gasteiger partial charge < -0.3 is 11.1 Å². The third-order valence-corrected chi connectivity index (χ3v) is 1.82. The molecule has 1 aromatic heterocycles. The van der Waals surface area contributed by atoms with Crippen LogP contribution in [0.1, 0.15) is 11.5 Å². The van der Waals surface area contributed by atoms with Gasteiger partial charge in [0.05, 0.1) is 0 Å². The summed E-state index contributed by atoms with van der Waals surface area (Å²) in [6.07, 6.45) is 7.82. The van der Waals surface area contributed by atoms with Gasteiger partial charge in [-0.25, -0.2) is 9.97 Å². The zero-order chi connectivity index (χ0) is 11.1. The first kappa shape index (κ1) is 11.2. The minimum absolute atomic E-state index is 0.709. The second kappa shape index (κ2) is 5.80. The number of hydrogen-bond acceptors (Lipinski definition) is 4. The first-order chi connectivity index (χ1) is 7.26. The highest BCUT2D eigenvalue weighted by atomic mass is 15.0. The third kappa shape index (κ3) is 3.81. The van der Waals surface area contributed by atoms with E-state index in [1.54, 1.807) is 6.08 Å². The SMILES string of the molecule is CNc1cc(C)nc(C/C=C\C=C/N)n1. The lowest BCUT2D eigenvalue weighted by Crippen LogP contribution is -2.00. The normalized spacial score (nSPS) is 11.3. The van der Waals surface area contributed by atoms with Crippen molar-refractivity contribution in [2.45, 2.75) is 13.3 Å². The van der Waals surface area contributed by atoms with Crippen LogP contribution in [0, 0.1) is 6.92 Å². The Morgan fingerprint density at radius 1 is 1.40 bits per heavy atom. The molecule has 1 heterocycles. The molecule has 0 aliphatic rings. The number of allylic oxidation sites excluding steroid dienone is 3. The van der Waals surface area contributed by atoms with E-state index in [0.29, 0.717) is 6.42 Å². The largest absolute Gasteiger partial charge is 0.405 e. The number of nitrogens with one attached hydrogen (secondary N) is 1.